The molecule has 1 aromatic rings. The molecule has 0 bridgehead atoms. The highest BCUT2D eigenvalue weighted by atomic mass is 16.6. The zero-order valence-corrected chi connectivity index (χ0v) is 11.5. The van der Waals surface area contributed by atoms with Crippen molar-refractivity contribution < 1.29 is 14.0 Å². The number of hydrogen-bond acceptors (Lipinski definition) is 5. The summed E-state index contributed by atoms with van der Waals surface area (Å²) >= 11 is 0. The first-order valence-electron chi connectivity index (χ1n) is 6.51. The van der Waals surface area contributed by atoms with E-state index in [9.17, 15) is 4.79 Å². The highest BCUT2D eigenvalue weighted by Gasteiger charge is 2.35. The van der Waals surface area contributed by atoms with Gasteiger partial charge in [-0.2, -0.15) is 0 Å². The van der Waals surface area contributed by atoms with Crippen molar-refractivity contribution in [2.45, 2.75) is 33.2 Å². The Kier molecular flexibility index (Phi) is 4.19. The highest BCUT2D eigenvalue weighted by molar-refractivity contribution is 6.03. The fraction of sp³-hybridized carbons (Fsp3) is 0.615. The molecule has 0 radical (unpaired) electrons. The maximum atomic E-state index is 12.0. The van der Waals surface area contributed by atoms with E-state index >= 15 is 0 Å². The van der Waals surface area contributed by atoms with Gasteiger partial charge in [0.2, 0.25) is 5.91 Å². The maximum absolute atomic E-state index is 12.0. The number of hydrogen-bond donors (Lipinski definition) is 0. The summed E-state index contributed by atoms with van der Waals surface area (Å²) in [5.74, 6) is 0.152. The molecule has 6 heteroatoms. The van der Waals surface area contributed by atoms with E-state index in [0.717, 1.165) is 0 Å². The molecule has 0 aliphatic carbocycles. The van der Waals surface area contributed by atoms with Crippen LogP contribution in [0.15, 0.2) is 22.2 Å². The van der Waals surface area contributed by atoms with Crippen molar-refractivity contribution in [2.75, 3.05) is 13.2 Å². The third kappa shape index (κ3) is 2.94. The smallest absolute Gasteiger partial charge is 0.223 e. The number of aromatic nitrogens is 1. The van der Waals surface area contributed by atoms with E-state index in [1.165, 1.54) is 12.7 Å². The number of carbonyl (C=O) groups excluding carboxylic acids is 1. The minimum absolute atomic E-state index is 0.00606. The minimum Gasteiger partial charge on any atom is -0.451 e. The summed E-state index contributed by atoms with van der Waals surface area (Å²) in [7, 11) is 0. The van der Waals surface area contributed by atoms with Crippen LogP contribution in [0.4, 0.5) is 0 Å². The fourth-order valence-corrected chi connectivity index (χ4v) is 2.22. The van der Waals surface area contributed by atoms with Crippen molar-refractivity contribution in [3.63, 3.8) is 0 Å². The van der Waals surface area contributed by atoms with Gasteiger partial charge in [-0.05, 0) is 20.8 Å². The van der Waals surface area contributed by atoms with Gasteiger partial charge < -0.3 is 14.2 Å². The van der Waals surface area contributed by atoms with Gasteiger partial charge in [-0.1, -0.05) is 5.16 Å². The number of oxime groups is 1. The second-order valence-electron chi connectivity index (χ2n) is 4.81. The Hall–Kier alpha value is -1.85. The molecule has 1 amide bonds. The molecule has 1 atom stereocenters. The van der Waals surface area contributed by atoms with E-state index in [1.54, 1.807) is 0 Å². The summed E-state index contributed by atoms with van der Waals surface area (Å²) in [6, 6.07) is 0.197. The van der Waals surface area contributed by atoms with Crippen molar-refractivity contribution in [3.05, 3.63) is 18.4 Å². The summed E-state index contributed by atoms with van der Waals surface area (Å²) < 4.78 is 4.99. The van der Waals surface area contributed by atoms with E-state index in [0.29, 0.717) is 31.0 Å². The van der Waals surface area contributed by atoms with Crippen LogP contribution in [0, 0.1) is 5.92 Å². The van der Waals surface area contributed by atoms with Gasteiger partial charge in [-0.15, -0.1) is 0 Å². The zero-order chi connectivity index (χ0) is 13.8. The standard InChI is InChI=1S/C13H19N3O3/c1-4-19-15-13(11-7-18-8-14-11)10-5-12(17)16(6-10)9(2)3/h7-10H,4-6H2,1-3H3/b15-13+. The monoisotopic (exact) mass is 265 g/mol. The third-order valence-electron chi connectivity index (χ3n) is 3.16. The van der Waals surface area contributed by atoms with Crippen molar-refractivity contribution in [3.8, 4) is 0 Å². The second-order valence-corrected chi connectivity index (χ2v) is 4.81. The molecule has 19 heavy (non-hydrogen) atoms. The van der Waals surface area contributed by atoms with Crippen LogP contribution >= 0.6 is 0 Å². The summed E-state index contributed by atoms with van der Waals surface area (Å²) in [4.78, 5) is 23.1. The Morgan fingerprint density at radius 1 is 1.68 bits per heavy atom. The normalized spacial score (nSPS) is 20.4. The molecule has 0 aromatic carbocycles. The first kappa shape index (κ1) is 13.6. The second kappa shape index (κ2) is 5.86. The van der Waals surface area contributed by atoms with Crippen LogP contribution in [0.5, 0.6) is 0 Å². The molecule has 1 aliphatic rings. The molecule has 1 fully saturated rings. The van der Waals surface area contributed by atoms with E-state index < -0.39 is 0 Å². The van der Waals surface area contributed by atoms with Crippen molar-refractivity contribution in [2.24, 2.45) is 11.1 Å². The largest absolute Gasteiger partial charge is 0.451 e. The maximum Gasteiger partial charge on any atom is 0.223 e. The Bertz CT molecular complexity index is 454. The molecule has 2 rings (SSSR count). The topological polar surface area (TPSA) is 67.9 Å². The van der Waals surface area contributed by atoms with Gasteiger partial charge in [-0.25, -0.2) is 4.98 Å². The zero-order valence-electron chi connectivity index (χ0n) is 11.5. The molecule has 0 spiro atoms. The van der Waals surface area contributed by atoms with Crippen LogP contribution in [0.1, 0.15) is 32.9 Å². The van der Waals surface area contributed by atoms with Gasteiger partial charge >= 0.3 is 0 Å². The molecule has 1 aliphatic heterocycles. The van der Waals surface area contributed by atoms with Crippen molar-refractivity contribution in [1.82, 2.24) is 9.88 Å². The van der Waals surface area contributed by atoms with Gasteiger partial charge in [-0.3, -0.25) is 4.79 Å². The van der Waals surface area contributed by atoms with E-state index in [1.807, 2.05) is 25.7 Å². The summed E-state index contributed by atoms with van der Waals surface area (Å²) in [5.41, 5.74) is 1.32. The molecule has 2 heterocycles. The Morgan fingerprint density at radius 3 is 3.00 bits per heavy atom. The Morgan fingerprint density at radius 2 is 2.47 bits per heavy atom. The molecular weight excluding hydrogens is 246 g/mol. The average molecular weight is 265 g/mol. The molecule has 0 N–H and O–H groups in total. The lowest BCUT2D eigenvalue weighted by molar-refractivity contribution is -0.129. The Labute approximate surface area is 112 Å². The summed E-state index contributed by atoms with van der Waals surface area (Å²) in [6.07, 6.45) is 3.32. The minimum atomic E-state index is 0.00606. The van der Waals surface area contributed by atoms with Crippen LogP contribution < -0.4 is 0 Å². The predicted molar refractivity (Wildman–Crippen MR) is 69.6 cm³/mol. The number of amides is 1. The Balaban J connectivity index is 2.19. The van der Waals surface area contributed by atoms with Gasteiger partial charge in [0.05, 0.1) is 0 Å². The van der Waals surface area contributed by atoms with E-state index in [2.05, 4.69) is 10.1 Å². The van der Waals surface area contributed by atoms with Crippen LogP contribution in [0.25, 0.3) is 0 Å². The number of nitrogens with zero attached hydrogens (tertiary/aromatic N) is 3. The molecule has 6 nitrogen and oxygen atoms in total. The van der Waals surface area contributed by atoms with Crippen LogP contribution in [0.2, 0.25) is 0 Å². The number of rotatable bonds is 5. The number of carbonyl (C=O) groups is 1. The third-order valence-corrected chi connectivity index (χ3v) is 3.16. The van der Waals surface area contributed by atoms with Crippen LogP contribution in [0.3, 0.4) is 0 Å². The first-order chi connectivity index (χ1) is 9.13. The lowest BCUT2D eigenvalue weighted by Gasteiger charge is -2.20. The van der Waals surface area contributed by atoms with Gasteiger partial charge in [0.1, 0.15) is 24.3 Å². The molecule has 1 saturated heterocycles. The first-order valence-corrected chi connectivity index (χ1v) is 6.51. The predicted octanol–water partition coefficient (Wildman–Crippen LogP) is 1.67. The SMILES string of the molecule is CCO/N=C(/c1cocn1)C1CC(=O)N(C(C)C)C1. The number of oxazole rings is 1. The van der Waals surface area contributed by atoms with Gasteiger partial charge in [0, 0.05) is 24.9 Å². The van der Waals surface area contributed by atoms with E-state index in [-0.39, 0.29) is 17.9 Å². The van der Waals surface area contributed by atoms with Crippen LogP contribution in [-0.2, 0) is 9.63 Å². The molecule has 1 unspecified atom stereocenters. The van der Waals surface area contributed by atoms with Gasteiger partial charge in [0.25, 0.3) is 0 Å². The quantitative estimate of drug-likeness (QED) is 0.600. The molecule has 1 aromatic heterocycles. The fourth-order valence-electron chi connectivity index (χ4n) is 2.22. The summed E-state index contributed by atoms with van der Waals surface area (Å²) in [6.45, 7) is 7.01. The van der Waals surface area contributed by atoms with Crippen molar-refractivity contribution in [1.29, 1.82) is 0 Å². The molecule has 104 valence electrons. The van der Waals surface area contributed by atoms with Crippen LogP contribution in [-0.4, -0.2) is 40.7 Å². The highest BCUT2D eigenvalue weighted by Crippen LogP contribution is 2.24. The number of likely N-dealkylation sites (tertiary alicyclic amines) is 1. The van der Waals surface area contributed by atoms with E-state index in [4.69, 9.17) is 9.25 Å². The molecule has 0 saturated carbocycles. The molecular formula is C13H19N3O3. The summed E-state index contributed by atoms with van der Waals surface area (Å²) in [5, 5.41) is 4.11. The van der Waals surface area contributed by atoms with Crippen molar-refractivity contribution >= 4 is 11.6 Å². The lowest BCUT2D eigenvalue weighted by atomic mass is 10.0. The average Bonchev–Trinajstić information content (AvgIpc) is 2.99. The lowest BCUT2D eigenvalue weighted by Crippen LogP contribution is -2.32. The van der Waals surface area contributed by atoms with Gasteiger partial charge in [0.15, 0.2) is 6.39 Å².